The van der Waals surface area contributed by atoms with Gasteiger partial charge in [0.15, 0.2) is 0 Å². The number of hydrogen-bond donors (Lipinski definition) is 0. The van der Waals surface area contributed by atoms with E-state index in [2.05, 4.69) is 43.0 Å². The zero-order valence-electron chi connectivity index (χ0n) is 15.6. The number of nitrogens with zero attached hydrogens (tertiary/aromatic N) is 1. The van der Waals surface area contributed by atoms with Crippen molar-refractivity contribution in [2.45, 2.75) is 32.9 Å². The van der Waals surface area contributed by atoms with Gasteiger partial charge in [-0.25, -0.2) is 0 Å². The summed E-state index contributed by atoms with van der Waals surface area (Å²) in [7, 11) is 0. The molecule has 146 valence electrons. The third-order valence-electron chi connectivity index (χ3n) is 5.14. The fourth-order valence-corrected chi connectivity index (χ4v) is 3.32. The third kappa shape index (κ3) is 5.60. The first-order valence-corrected chi connectivity index (χ1v) is 8.98. The molecule has 0 aliphatic carbocycles. The zero-order chi connectivity index (χ0) is 18.7. The summed E-state index contributed by atoms with van der Waals surface area (Å²) in [5.41, 5.74) is 5.08. The highest BCUT2D eigenvalue weighted by atomic mass is 35.5. The first kappa shape index (κ1) is 21.5. The van der Waals surface area contributed by atoms with Crippen molar-refractivity contribution in [3.05, 3.63) is 76.4 Å². The second kappa shape index (κ2) is 8.94. The third-order valence-corrected chi connectivity index (χ3v) is 5.14. The van der Waals surface area contributed by atoms with Gasteiger partial charge in [-0.05, 0) is 66.6 Å². The van der Waals surface area contributed by atoms with E-state index in [0.29, 0.717) is 5.56 Å². The molecule has 1 aliphatic heterocycles. The molecule has 0 saturated carbocycles. The van der Waals surface area contributed by atoms with Crippen LogP contribution in [0.25, 0.3) is 5.57 Å². The summed E-state index contributed by atoms with van der Waals surface area (Å²) in [5.74, 6) is 0. The Bertz CT molecular complexity index is 811. The predicted molar refractivity (Wildman–Crippen MR) is 107 cm³/mol. The van der Waals surface area contributed by atoms with Crippen molar-refractivity contribution >= 4 is 18.0 Å². The molecule has 0 bridgehead atoms. The Morgan fingerprint density at radius 1 is 1.00 bits per heavy atom. The van der Waals surface area contributed by atoms with E-state index in [4.69, 9.17) is 0 Å². The van der Waals surface area contributed by atoms with Gasteiger partial charge in [0.05, 0.1) is 5.56 Å². The standard InChI is InChI=1S/C22H24F3N.ClH/c1-16-6-7-18(14-17(16)2)8-11-26-12-9-19(10-13-26)20-4-3-5-21(15-20)22(23,24)25;/h3-7,9,14-15H,8,10-13H2,1-2H3;1H. The number of aryl methyl sites for hydroxylation is 2. The van der Waals surface area contributed by atoms with Crippen LogP contribution in [0.4, 0.5) is 13.2 Å². The Labute approximate surface area is 165 Å². The number of alkyl halides is 3. The smallest absolute Gasteiger partial charge is 0.299 e. The first-order chi connectivity index (χ1) is 12.3. The fraction of sp³-hybridized carbons (Fsp3) is 0.364. The molecule has 0 amide bonds. The SMILES string of the molecule is Cc1ccc(CCN2CC=C(c3cccc(C(F)(F)F)c3)CC2)cc1C.Cl. The highest BCUT2D eigenvalue weighted by Crippen LogP contribution is 2.32. The summed E-state index contributed by atoms with van der Waals surface area (Å²) >= 11 is 0. The average molecular weight is 396 g/mol. The number of rotatable bonds is 4. The molecule has 1 aliphatic rings. The maximum Gasteiger partial charge on any atom is 0.416 e. The van der Waals surface area contributed by atoms with E-state index in [0.717, 1.165) is 44.1 Å². The lowest BCUT2D eigenvalue weighted by Crippen LogP contribution is -2.30. The van der Waals surface area contributed by atoms with Gasteiger partial charge in [-0.15, -0.1) is 12.4 Å². The van der Waals surface area contributed by atoms with Gasteiger partial charge in [0, 0.05) is 19.6 Å². The van der Waals surface area contributed by atoms with E-state index in [-0.39, 0.29) is 12.4 Å². The lowest BCUT2D eigenvalue weighted by molar-refractivity contribution is -0.137. The quantitative estimate of drug-likeness (QED) is 0.606. The lowest BCUT2D eigenvalue weighted by Gasteiger charge is -2.26. The summed E-state index contributed by atoms with van der Waals surface area (Å²) in [5, 5.41) is 0. The highest BCUT2D eigenvalue weighted by molar-refractivity contribution is 5.85. The minimum atomic E-state index is -4.29. The van der Waals surface area contributed by atoms with E-state index in [1.807, 2.05) is 0 Å². The van der Waals surface area contributed by atoms with Crippen molar-refractivity contribution in [3.8, 4) is 0 Å². The maximum absolute atomic E-state index is 12.9. The van der Waals surface area contributed by atoms with Crippen LogP contribution in [0.2, 0.25) is 0 Å². The molecule has 2 aromatic carbocycles. The van der Waals surface area contributed by atoms with Gasteiger partial charge in [-0.1, -0.05) is 36.4 Å². The van der Waals surface area contributed by atoms with Crippen molar-refractivity contribution < 1.29 is 13.2 Å². The van der Waals surface area contributed by atoms with E-state index < -0.39 is 11.7 Å². The number of halogens is 4. The monoisotopic (exact) mass is 395 g/mol. The van der Waals surface area contributed by atoms with Crippen molar-refractivity contribution in [1.82, 2.24) is 4.90 Å². The van der Waals surface area contributed by atoms with Gasteiger partial charge in [0.1, 0.15) is 0 Å². The highest BCUT2D eigenvalue weighted by Gasteiger charge is 2.30. The van der Waals surface area contributed by atoms with Gasteiger partial charge in [0.25, 0.3) is 0 Å². The van der Waals surface area contributed by atoms with E-state index in [9.17, 15) is 13.2 Å². The molecule has 0 atom stereocenters. The Balaban J connectivity index is 0.00000261. The molecule has 0 unspecified atom stereocenters. The summed E-state index contributed by atoms with van der Waals surface area (Å²) in [6.45, 7) is 6.88. The maximum atomic E-state index is 12.9. The molecule has 0 N–H and O–H groups in total. The van der Waals surface area contributed by atoms with Crippen LogP contribution in [-0.4, -0.2) is 24.5 Å². The van der Waals surface area contributed by atoms with Crippen molar-refractivity contribution in [3.63, 3.8) is 0 Å². The Hall–Kier alpha value is -1.78. The fourth-order valence-electron chi connectivity index (χ4n) is 3.32. The van der Waals surface area contributed by atoms with Gasteiger partial charge in [-0.2, -0.15) is 13.2 Å². The summed E-state index contributed by atoms with van der Waals surface area (Å²) < 4.78 is 38.7. The minimum absolute atomic E-state index is 0. The Morgan fingerprint density at radius 3 is 2.41 bits per heavy atom. The minimum Gasteiger partial charge on any atom is -0.299 e. The number of hydrogen-bond acceptors (Lipinski definition) is 1. The molecule has 2 aromatic rings. The lowest BCUT2D eigenvalue weighted by atomic mass is 9.97. The normalized spacial score (nSPS) is 15.2. The van der Waals surface area contributed by atoms with Gasteiger partial charge in [-0.3, -0.25) is 4.90 Å². The molecular weight excluding hydrogens is 371 g/mol. The van der Waals surface area contributed by atoms with Crippen LogP contribution >= 0.6 is 12.4 Å². The summed E-state index contributed by atoms with van der Waals surface area (Å²) in [6, 6.07) is 12.2. The van der Waals surface area contributed by atoms with Gasteiger partial charge < -0.3 is 0 Å². The summed E-state index contributed by atoms with van der Waals surface area (Å²) in [4.78, 5) is 2.35. The van der Waals surface area contributed by atoms with Crippen molar-refractivity contribution in [2.75, 3.05) is 19.6 Å². The molecule has 0 saturated heterocycles. The molecule has 27 heavy (non-hydrogen) atoms. The molecule has 1 heterocycles. The molecule has 0 fully saturated rings. The summed E-state index contributed by atoms with van der Waals surface area (Å²) in [6.07, 6.45) is -0.440. The predicted octanol–water partition coefficient (Wildman–Crippen LogP) is 6.08. The van der Waals surface area contributed by atoms with Crippen LogP contribution in [0.1, 0.15) is 34.2 Å². The molecular formula is C22H25ClF3N. The van der Waals surface area contributed by atoms with Crippen molar-refractivity contribution in [1.29, 1.82) is 0 Å². The molecule has 5 heteroatoms. The Kier molecular flexibility index (Phi) is 7.12. The molecule has 0 aromatic heterocycles. The van der Waals surface area contributed by atoms with Crippen LogP contribution in [0.15, 0.2) is 48.5 Å². The van der Waals surface area contributed by atoms with E-state index in [1.165, 1.54) is 28.8 Å². The van der Waals surface area contributed by atoms with Crippen LogP contribution in [0, 0.1) is 13.8 Å². The topological polar surface area (TPSA) is 3.24 Å². The Morgan fingerprint density at radius 2 is 1.78 bits per heavy atom. The van der Waals surface area contributed by atoms with Gasteiger partial charge in [0.2, 0.25) is 0 Å². The van der Waals surface area contributed by atoms with Crippen LogP contribution < -0.4 is 0 Å². The second-order valence-electron chi connectivity index (χ2n) is 7.03. The van der Waals surface area contributed by atoms with E-state index >= 15 is 0 Å². The van der Waals surface area contributed by atoms with Crippen LogP contribution in [0.3, 0.4) is 0 Å². The first-order valence-electron chi connectivity index (χ1n) is 8.98. The van der Waals surface area contributed by atoms with Crippen LogP contribution in [-0.2, 0) is 12.6 Å². The van der Waals surface area contributed by atoms with E-state index in [1.54, 1.807) is 6.07 Å². The van der Waals surface area contributed by atoms with Crippen molar-refractivity contribution in [2.24, 2.45) is 0 Å². The second-order valence-corrected chi connectivity index (χ2v) is 7.03. The largest absolute Gasteiger partial charge is 0.416 e. The van der Waals surface area contributed by atoms with Gasteiger partial charge >= 0.3 is 6.18 Å². The van der Waals surface area contributed by atoms with Crippen LogP contribution in [0.5, 0.6) is 0 Å². The average Bonchev–Trinajstić information content (AvgIpc) is 2.62. The number of benzene rings is 2. The molecule has 1 nitrogen and oxygen atoms in total. The molecule has 0 spiro atoms. The molecule has 3 rings (SSSR count). The molecule has 0 radical (unpaired) electrons. The zero-order valence-corrected chi connectivity index (χ0v) is 16.5.